The van der Waals surface area contributed by atoms with E-state index in [9.17, 15) is 9.59 Å². The molecule has 1 aliphatic heterocycles. The highest BCUT2D eigenvalue weighted by Gasteiger charge is 2.32. The van der Waals surface area contributed by atoms with Crippen LogP contribution in [-0.2, 0) is 4.79 Å². The van der Waals surface area contributed by atoms with E-state index in [1.165, 1.54) is 0 Å². The number of nitrogens with zero attached hydrogens (tertiary/aromatic N) is 1. The number of amides is 3. The molecule has 0 aliphatic carbocycles. The Morgan fingerprint density at radius 3 is 2.65 bits per heavy atom. The van der Waals surface area contributed by atoms with Crippen molar-refractivity contribution in [2.24, 2.45) is 11.7 Å². The zero-order chi connectivity index (χ0) is 14.5. The Labute approximate surface area is 119 Å². The largest absolute Gasteiger partial charge is 0.369 e. The molecule has 5 nitrogen and oxygen atoms in total. The molecule has 108 valence electrons. The number of hydrogen-bond acceptors (Lipinski definition) is 2. The molecule has 0 bridgehead atoms. The first-order valence-electron chi connectivity index (χ1n) is 7.03. The van der Waals surface area contributed by atoms with E-state index in [4.69, 9.17) is 5.73 Å². The van der Waals surface area contributed by atoms with Crippen molar-refractivity contribution in [3.8, 4) is 0 Å². The lowest BCUT2D eigenvalue weighted by Crippen LogP contribution is -2.49. The van der Waals surface area contributed by atoms with Crippen molar-refractivity contribution in [2.45, 2.75) is 32.2 Å². The Kier molecular flexibility index (Phi) is 4.61. The van der Waals surface area contributed by atoms with Gasteiger partial charge < -0.3 is 16.0 Å². The molecule has 0 spiro atoms. The fourth-order valence-electron chi connectivity index (χ4n) is 2.68. The summed E-state index contributed by atoms with van der Waals surface area (Å²) in [6.07, 6.45) is 2.13. The normalized spacial score (nSPS) is 22.4. The van der Waals surface area contributed by atoms with Crippen LogP contribution in [0.25, 0.3) is 0 Å². The number of piperidine rings is 1. The number of nitrogens with one attached hydrogen (secondary N) is 1. The quantitative estimate of drug-likeness (QED) is 0.887. The van der Waals surface area contributed by atoms with Crippen LogP contribution in [0.15, 0.2) is 30.3 Å². The van der Waals surface area contributed by atoms with Crippen molar-refractivity contribution in [1.29, 1.82) is 0 Å². The third-order valence-corrected chi connectivity index (χ3v) is 3.88. The Morgan fingerprint density at radius 2 is 2.05 bits per heavy atom. The lowest BCUT2D eigenvalue weighted by Gasteiger charge is -2.38. The third-order valence-electron chi connectivity index (χ3n) is 3.88. The number of para-hydroxylation sites is 1. The van der Waals surface area contributed by atoms with Gasteiger partial charge in [0.05, 0.1) is 0 Å². The van der Waals surface area contributed by atoms with Crippen molar-refractivity contribution >= 4 is 17.6 Å². The summed E-state index contributed by atoms with van der Waals surface area (Å²) in [5.74, 6) is -0.368. The molecule has 0 aromatic heterocycles. The number of carbonyl (C=O) groups excluding carboxylic acids is 2. The molecule has 2 unspecified atom stereocenters. The SMILES string of the molecule is CCC1CC(C(N)=O)CCN1C(=O)Nc1ccccc1. The number of benzene rings is 1. The second-order valence-electron chi connectivity index (χ2n) is 5.18. The Morgan fingerprint density at radius 1 is 1.35 bits per heavy atom. The van der Waals surface area contributed by atoms with Crippen LogP contribution < -0.4 is 11.1 Å². The maximum atomic E-state index is 12.3. The molecular formula is C15H21N3O2. The van der Waals surface area contributed by atoms with E-state index in [2.05, 4.69) is 5.32 Å². The molecule has 0 saturated carbocycles. The molecule has 1 saturated heterocycles. The van der Waals surface area contributed by atoms with Crippen LogP contribution in [-0.4, -0.2) is 29.4 Å². The first kappa shape index (κ1) is 14.4. The number of likely N-dealkylation sites (tertiary alicyclic amines) is 1. The van der Waals surface area contributed by atoms with Gasteiger partial charge in [-0.25, -0.2) is 4.79 Å². The van der Waals surface area contributed by atoms with Gasteiger partial charge in [-0.1, -0.05) is 25.1 Å². The van der Waals surface area contributed by atoms with Gasteiger partial charge in [-0.15, -0.1) is 0 Å². The van der Waals surface area contributed by atoms with Gasteiger partial charge in [0.25, 0.3) is 0 Å². The molecule has 1 aliphatic rings. The van der Waals surface area contributed by atoms with E-state index in [-0.39, 0.29) is 23.9 Å². The monoisotopic (exact) mass is 275 g/mol. The molecule has 3 N–H and O–H groups in total. The van der Waals surface area contributed by atoms with Gasteiger partial charge in [-0.05, 0) is 31.4 Å². The molecule has 2 rings (SSSR count). The molecule has 2 atom stereocenters. The molecule has 1 fully saturated rings. The Balaban J connectivity index is 2.00. The van der Waals surface area contributed by atoms with Crippen LogP contribution in [0.4, 0.5) is 10.5 Å². The molecule has 1 heterocycles. The van der Waals surface area contributed by atoms with Gasteiger partial charge in [0.2, 0.25) is 5.91 Å². The second kappa shape index (κ2) is 6.41. The van der Waals surface area contributed by atoms with E-state index in [0.717, 1.165) is 12.1 Å². The molecule has 1 aromatic rings. The number of urea groups is 1. The highest BCUT2D eigenvalue weighted by atomic mass is 16.2. The van der Waals surface area contributed by atoms with E-state index in [0.29, 0.717) is 19.4 Å². The summed E-state index contributed by atoms with van der Waals surface area (Å²) in [4.78, 5) is 25.4. The van der Waals surface area contributed by atoms with Crippen LogP contribution >= 0.6 is 0 Å². The number of nitrogens with two attached hydrogens (primary N) is 1. The number of carbonyl (C=O) groups is 2. The minimum atomic E-state index is -0.258. The minimum Gasteiger partial charge on any atom is -0.369 e. The maximum absolute atomic E-state index is 12.3. The average Bonchev–Trinajstić information content (AvgIpc) is 2.47. The fraction of sp³-hybridized carbons (Fsp3) is 0.467. The topological polar surface area (TPSA) is 75.4 Å². The van der Waals surface area contributed by atoms with Crippen molar-refractivity contribution < 1.29 is 9.59 Å². The molecule has 3 amide bonds. The first-order chi connectivity index (χ1) is 9.61. The predicted molar refractivity (Wildman–Crippen MR) is 78.2 cm³/mol. The van der Waals surface area contributed by atoms with Gasteiger partial charge in [-0.3, -0.25) is 4.79 Å². The zero-order valence-electron chi connectivity index (χ0n) is 11.7. The number of anilines is 1. The Hall–Kier alpha value is -2.04. The lowest BCUT2D eigenvalue weighted by atomic mass is 9.89. The zero-order valence-corrected chi connectivity index (χ0v) is 11.7. The van der Waals surface area contributed by atoms with Gasteiger partial charge in [0, 0.05) is 24.2 Å². The summed E-state index contributed by atoms with van der Waals surface area (Å²) < 4.78 is 0. The standard InChI is InChI=1S/C15H21N3O2/c1-2-13-10-11(14(16)19)8-9-18(13)15(20)17-12-6-4-3-5-7-12/h3-7,11,13H,2,8-10H2,1H3,(H2,16,19)(H,17,20). The van der Waals surface area contributed by atoms with E-state index in [1.807, 2.05) is 42.2 Å². The van der Waals surface area contributed by atoms with Crippen molar-refractivity contribution in [3.63, 3.8) is 0 Å². The number of rotatable bonds is 3. The van der Waals surface area contributed by atoms with Crippen LogP contribution in [0.3, 0.4) is 0 Å². The van der Waals surface area contributed by atoms with E-state index in [1.54, 1.807) is 0 Å². The lowest BCUT2D eigenvalue weighted by molar-refractivity contribution is -0.123. The predicted octanol–water partition coefficient (Wildman–Crippen LogP) is 2.19. The molecule has 20 heavy (non-hydrogen) atoms. The maximum Gasteiger partial charge on any atom is 0.322 e. The second-order valence-corrected chi connectivity index (χ2v) is 5.18. The summed E-state index contributed by atoms with van der Waals surface area (Å²) in [7, 11) is 0. The van der Waals surface area contributed by atoms with E-state index >= 15 is 0 Å². The van der Waals surface area contributed by atoms with Crippen LogP contribution in [0, 0.1) is 5.92 Å². The summed E-state index contributed by atoms with van der Waals surface area (Å²) in [6.45, 7) is 2.60. The van der Waals surface area contributed by atoms with Crippen LogP contribution in [0.5, 0.6) is 0 Å². The smallest absolute Gasteiger partial charge is 0.322 e. The number of hydrogen-bond donors (Lipinski definition) is 2. The fourth-order valence-corrected chi connectivity index (χ4v) is 2.68. The summed E-state index contributed by atoms with van der Waals surface area (Å²) >= 11 is 0. The van der Waals surface area contributed by atoms with Crippen molar-refractivity contribution in [1.82, 2.24) is 4.90 Å². The van der Waals surface area contributed by atoms with E-state index < -0.39 is 0 Å². The van der Waals surface area contributed by atoms with Gasteiger partial charge in [0.15, 0.2) is 0 Å². The highest BCUT2D eigenvalue weighted by Crippen LogP contribution is 2.25. The number of primary amides is 1. The molecule has 1 aromatic carbocycles. The van der Waals surface area contributed by atoms with Crippen LogP contribution in [0.2, 0.25) is 0 Å². The third kappa shape index (κ3) is 3.29. The summed E-state index contributed by atoms with van der Waals surface area (Å²) in [5, 5.41) is 2.89. The van der Waals surface area contributed by atoms with Gasteiger partial charge >= 0.3 is 6.03 Å². The highest BCUT2D eigenvalue weighted by molar-refractivity contribution is 5.89. The summed E-state index contributed by atoms with van der Waals surface area (Å²) in [5.41, 5.74) is 6.15. The van der Waals surface area contributed by atoms with Gasteiger partial charge in [-0.2, -0.15) is 0 Å². The minimum absolute atomic E-state index is 0.0740. The molecule has 0 radical (unpaired) electrons. The summed E-state index contributed by atoms with van der Waals surface area (Å²) in [6, 6.07) is 9.35. The van der Waals surface area contributed by atoms with Gasteiger partial charge in [0.1, 0.15) is 0 Å². The van der Waals surface area contributed by atoms with Crippen molar-refractivity contribution in [2.75, 3.05) is 11.9 Å². The van der Waals surface area contributed by atoms with Crippen molar-refractivity contribution in [3.05, 3.63) is 30.3 Å². The molecule has 5 heteroatoms. The average molecular weight is 275 g/mol. The van der Waals surface area contributed by atoms with Crippen LogP contribution in [0.1, 0.15) is 26.2 Å². The molecular weight excluding hydrogens is 254 g/mol. The Bertz CT molecular complexity index is 475. The first-order valence-corrected chi connectivity index (χ1v) is 7.03.